The number of rotatable bonds is 3. The van der Waals surface area contributed by atoms with Gasteiger partial charge in [-0.05, 0) is 30.4 Å². The highest BCUT2D eigenvalue weighted by Crippen LogP contribution is 2.35. The Morgan fingerprint density at radius 1 is 1.19 bits per heavy atom. The first-order valence-corrected chi connectivity index (χ1v) is 9.43. The molecule has 4 rings (SSSR count). The SMILES string of the molecule is CC(C)(C)C(=O)c1c[nH]c2ncc(-c3cccc(C4CCCC4)c3)nc12. The quantitative estimate of drug-likeness (QED) is 0.635. The lowest BCUT2D eigenvalue weighted by molar-refractivity contribution is 0.0860. The number of hydrogen-bond acceptors (Lipinski definition) is 3. The van der Waals surface area contributed by atoms with Crippen molar-refractivity contribution < 1.29 is 4.79 Å². The van der Waals surface area contributed by atoms with E-state index in [0.29, 0.717) is 22.6 Å². The van der Waals surface area contributed by atoms with Crippen LogP contribution < -0.4 is 0 Å². The van der Waals surface area contributed by atoms with E-state index in [1.807, 2.05) is 20.8 Å². The molecule has 1 fully saturated rings. The minimum Gasteiger partial charge on any atom is -0.344 e. The molecule has 26 heavy (non-hydrogen) atoms. The molecule has 3 aromatic rings. The van der Waals surface area contributed by atoms with Crippen molar-refractivity contribution in [1.82, 2.24) is 15.0 Å². The van der Waals surface area contributed by atoms with E-state index in [0.717, 1.165) is 11.3 Å². The van der Waals surface area contributed by atoms with Crippen LogP contribution in [-0.4, -0.2) is 20.7 Å². The number of aromatic amines is 1. The number of hydrogen-bond donors (Lipinski definition) is 1. The van der Waals surface area contributed by atoms with Gasteiger partial charge in [0.15, 0.2) is 11.4 Å². The molecule has 0 radical (unpaired) electrons. The molecule has 134 valence electrons. The summed E-state index contributed by atoms with van der Waals surface area (Å²) in [6.45, 7) is 5.78. The van der Waals surface area contributed by atoms with E-state index in [2.05, 4.69) is 34.2 Å². The van der Waals surface area contributed by atoms with Crippen LogP contribution in [0.25, 0.3) is 22.4 Å². The van der Waals surface area contributed by atoms with Crippen molar-refractivity contribution in [3.63, 3.8) is 0 Å². The molecule has 4 nitrogen and oxygen atoms in total. The van der Waals surface area contributed by atoms with Gasteiger partial charge in [0.2, 0.25) is 0 Å². The van der Waals surface area contributed by atoms with Gasteiger partial charge >= 0.3 is 0 Å². The fraction of sp³-hybridized carbons (Fsp3) is 0.409. The van der Waals surface area contributed by atoms with Gasteiger partial charge in [0.25, 0.3) is 0 Å². The third-order valence-electron chi connectivity index (χ3n) is 5.32. The third kappa shape index (κ3) is 3.05. The zero-order valence-electron chi connectivity index (χ0n) is 15.7. The van der Waals surface area contributed by atoms with Crippen molar-refractivity contribution in [1.29, 1.82) is 0 Å². The van der Waals surface area contributed by atoms with Crippen molar-refractivity contribution in [3.8, 4) is 11.3 Å². The number of H-pyrrole nitrogens is 1. The van der Waals surface area contributed by atoms with Crippen LogP contribution in [0.3, 0.4) is 0 Å². The number of benzene rings is 1. The van der Waals surface area contributed by atoms with Crippen LogP contribution in [0.15, 0.2) is 36.7 Å². The topological polar surface area (TPSA) is 58.6 Å². The van der Waals surface area contributed by atoms with Crippen LogP contribution in [0.2, 0.25) is 0 Å². The van der Waals surface area contributed by atoms with E-state index < -0.39 is 5.41 Å². The van der Waals surface area contributed by atoms with Crippen LogP contribution in [-0.2, 0) is 0 Å². The fourth-order valence-corrected chi connectivity index (χ4v) is 3.82. The Bertz CT molecular complexity index is 959. The van der Waals surface area contributed by atoms with Gasteiger partial charge in [-0.1, -0.05) is 51.8 Å². The summed E-state index contributed by atoms with van der Waals surface area (Å²) in [4.78, 5) is 25.1. The van der Waals surface area contributed by atoms with E-state index in [1.54, 1.807) is 12.4 Å². The van der Waals surface area contributed by atoms with Crippen LogP contribution in [0.1, 0.15) is 68.3 Å². The normalized spacial score (nSPS) is 15.7. The van der Waals surface area contributed by atoms with Crippen molar-refractivity contribution in [3.05, 3.63) is 47.8 Å². The molecule has 2 aromatic heterocycles. The second-order valence-corrected chi connectivity index (χ2v) is 8.34. The summed E-state index contributed by atoms with van der Waals surface area (Å²) < 4.78 is 0. The lowest BCUT2D eigenvalue weighted by Crippen LogP contribution is -2.20. The number of ketones is 1. The Hall–Kier alpha value is -2.49. The van der Waals surface area contributed by atoms with Gasteiger partial charge in [-0.15, -0.1) is 0 Å². The summed E-state index contributed by atoms with van der Waals surface area (Å²) in [6, 6.07) is 8.64. The number of Topliss-reactive ketones (excluding diaryl/α,β-unsaturated/α-hetero) is 1. The average molecular weight is 347 g/mol. The number of fused-ring (bicyclic) bond motifs is 1. The Labute approximate surface area is 154 Å². The molecule has 2 heterocycles. The van der Waals surface area contributed by atoms with E-state index >= 15 is 0 Å². The van der Waals surface area contributed by atoms with Gasteiger partial charge in [0, 0.05) is 17.2 Å². The first-order chi connectivity index (χ1) is 12.4. The Morgan fingerprint density at radius 3 is 2.69 bits per heavy atom. The molecule has 1 aliphatic carbocycles. The Kier molecular flexibility index (Phi) is 4.14. The van der Waals surface area contributed by atoms with E-state index in [1.165, 1.54) is 31.2 Å². The first-order valence-electron chi connectivity index (χ1n) is 9.43. The average Bonchev–Trinajstić information content (AvgIpc) is 3.29. The second-order valence-electron chi connectivity index (χ2n) is 8.34. The van der Waals surface area contributed by atoms with Crippen molar-refractivity contribution in [2.45, 2.75) is 52.4 Å². The molecule has 1 aliphatic rings. The van der Waals surface area contributed by atoms with E-state index in [-0.39, 0.29) is 5.78 Å². The number of nitrogens with zero attached hydrogens (tertiary/aromatic N) is 2. The highest BCUT2D eigenvalue weighted by atomic mass is 16.1. The fourth-order valence-electron chi connectivity index (χ4n) is 3.82. The molecule has 1 aromatic carbocycles. The minimum absolute atomic E-state index is 0.0786. The van der Waals surface area contributed by atoms with Crippen molar-refractivity contribution in [2.24, 2.45) is 5.41 Å². The van der Waals surface area contributed by atoms with Crippen LogP contribution in [0.4, 0.5) is 0 Å². The lowest BCUT2D eigenvalue weighted by atomic mass is 9.87. The van der Waals surface area contributed by atoms with Crippen LogP contribution in [0, 0.1) is 5.41 Å². The maximum Gasteiger partial charge on any atom is 0.171 e. The molecular formula is C22H25N3O. The summed E-state index contributed by atoms with van der Waals surface area (Å²) in [7, 11) is 0. The molecule has 0 saturated heterocycles. The molecule has 0 spiro atoms. The number of nitrogens with one attached hydrogen (secondary N) is 1. The highest BCUT2D eigenvalue weighted by molar-refractivity contribution is 6.08. The van der Waals surface area contributed by atoms with E-state index in [9.17, 15) is 4.79 Å². The molecule has 1 N–H and O–H groups in total. The monoisotopic (exact) mass is 347 g/mol. The van der Waals surface area contributed by atoms with Crippen LogP contribution in [0.5, 0.6) is 0 Å². The zero-order chi connectivity index (χ0) is 18.3. The van der Waals surface area contributed by atoms with Gasteiger partial charge in [0.1, 0.15) is 5.52 Å². The number of carbonyl (C=O) groups excluding carboxylic acids is 1. The van der Waals surface area contributed by atoms with Gasteiger partial charge in [-0.25, -0.2) is 9.97 Å². The summed E-state index contributed by atoms with van der Waals surface area (Å²) in [5, 5.41) is 0. The Balaban J connectivity index is 1.76. The Morgan fingerprint density at radius 2 is 1.96 bits per heavy atom. The van der Waals surface area contributed by atoms with Crippen molar-refractivity contribution >= 4 is 16.9 Å². The smallest absolute Gasteiger partial charge is 0.171 e. The first kappa shape index (κ1) is 17.0. The van der Waals surface area contributed by atoms with Gasteiger partial charge in [-0.3, -0.25) is 4.79 Å². The molecular weight excluding hydrogens is 322 g/mol. The molecule has 1 saturated carbocycles. The van der Waals surface area contributed by atoms with Gasteiger partial charge in [0.05, 0.1) is 17.5 Å². The predicted octanol–water partition coefficient (Wildman–Crippen LogP) is 5.51. The molecule has 0 amide bonds. The molecule has 0 aliphatic heterocycles. The highest BCUT2D eigenvalue weighted by Gasteiger charge is 2.26. The maximum atomic E-state index is 12.7. The van der Waals surface area contributed by atoms with Crippen molar-refractivity contribution in [2.75, 3.05) is 0 Å². The van der Waals surface area contributed by atoms with Crippen LogP contribution >= 0.6 is 0 Å². The van der Waals surface area contributed by atoms with Gasteiger partial charge in [-0.2, -0.15) is 0 Å². The molecule has 0 unspecified atom stereocenters. The maximum absolute atomic E-state index is 12.7. The molecule has 0 bridgehead atoms. The zero-order valence-corrected chi connectivity index (χ0v) is 15.7. The predicted molar refractivity (Wildman–Crippen MR) is 104 cm³/mol. The minimum atomic E-state index is -0.449. The summed E-state index contributed by atoms with van der Waals surface area (Å²) in [5.41, 5.74) is 4.77. The third-order valence-corrected chi connectivity index (χ3v) is 5.32. The standard InChI is InChI=1S/C22H25N3O/c1-22(2,3)20(26)17-12-23-21-19(17)25-18(13-24-21)16-10-6-9-15(11-16)14-7-4-5-8-14/h6,9-14H,4-5,7-8H2,1-3H3,(H,23,24). The second kappa shape index (κ2) is 6.35. The summed E-state index contributed by atoms with van der Waals surface area (Å²) in [5.74, 6) is 0.742. The number of aromatic nitrogens is 3. The largest absolute Gasteiger partial charge is 0.344 e. The number of carbonyl (C=O) groups is 1. The summed E-state index contributed by atoms with van der Waals surface area (Å²) >= 11 is 0. The molecule has 4 heteroatoms. The lowest BCUT2D eigenvalue weighted by Gasteiger charge is -2.15. The van der Waals surface area contributed by atoms with E-state index in [4.69, 9.17) is 4.98 Å². The summed E-state index contributed by atoms with van der Waals surface area (Å²) in [6.07, 6.45) is 8.71. The van der Waals surface area contributed by atoms with Gasteiger partial charge < -0.3 is 4.98 Å². The molecule has 0 atom stereocenters.